The maximum absolute atomic E-state index is 4.37. The molecule has 0 aliphatic carbocycles. The molecule has 2 aromatic carbocycles. The summed E-state index contributed by atoms with van der Waals surface area (Å²) in [7, 11) is 0. The Bertz CT molecular complexity index is 1400. The van der Waals surface area contributed by atoms with Gasteiger partial charge in [0.25, 0.3) is 0 Å². The second-order valence-electron chi connectivity index (χ2n) is 6.71. The van der Waals surface area contributed by atoms with Gasteiger partial charge in [0.15, 0.2) is 11.6 Å². The molecule has 1 aliphatic rings. The quantitative estimate of drug-likeness (QED) is 0.366. The van der Waals surface area contributed by atoms with Gasteiger partial charge < -0.3 is 10.6 Å². The Morgan fingerprint density at radius 3 is 2.79 bits per heavy atom. The molecule has 4 N–H and O–H groups in total. The van der Waals surface area contributed by atoms with Crippen molar-refractivity contribution >= 4 is 50.5 Å². The second kappa shape index (κ2) is 6.09. The summed E-state index contributed by atoms with van der Waals surface area (Å²) in [6.45, 7) is 0.595. The molecule has 4 heterocycles. The highest BCUT2D eigenvalue weighted by Gasteiger charge is 2.14. The number of azo groups is 1. The predicted octanol–water partition coefficient (Wildman–Crippen LogP) is 4.31. The van der Waals surface area contributed by atoms with E-state index in [2.05, 4.69) is 51.5 Å². The minimum absolute atomic E-state index is 0.573. The van der Waals surface area contributed by atoms with Gasteiger partial charge in [0, 0.05) is 28.5 Å². The van der Waals surface area contributed by atoms with Gasteiger partial charge in [0.05, 0.1) is 29.3 Å². The van der Waals surface area contributed by atoms with Crippen LogP contribution in [0.5, 0.6) is 0 Å². The summed E-state index contributed by atoms with van der Waals surface area (Å²) in [6, 6.07) is 11.8. The minimum Gasteiger partial charge on any atom is -0.338 e. The molecule has 0 unspecified atom stereocenters. The zero-order chi connectivity index (χ0) is 19.2. The summed E-state index contributed by atoms with van der Waals surface area (Å²) in [4.78, 5) is 0. The Labute approximate surface area is 163 Å². The van der Waals surface area contributed by atoms with Crippen LogP contribution in [0.4, 0.5) is 28.7 Å². The maximum atomic E-state index is 4.37. The zero-order valence-electron chi connectivity index (χ0n) is 15.0. The average molecular weight is 382 g/mol. The summed E-state index contributed by atoms with van der Waals surface area (Å²) >= 11 is 0. The fourth-order valence-corrected chi connectivity index (χ4v) is 3.40. The Morgan fingerprint density at radius 1 is 0.931 bits per heavy atom. The first kappa shape index (κ1) is 15.7. The summed E-state index contributed by atoms with van der Waals surface area (Å²) in [6.07, 6.45) is 3.58. The van der Waals surface area contributed by atoms with Crippen molar-refractivity contribution in [2.75, 3.05) is 10.6 Å². The lowest BCUT2D eigenvalue weighted by atomic mass is 10.1. The van der Waals surface area contributed by atoms with E-state index in [1.165, 1.54) is 0 Å². The molecule has 3 aromatic heterocycles. The molecule has 6 rings (SSSR count). The fourth-order valence-electron chi connectivity index (χ4n) is 3.40. The number of nitrogens with one attached hydrogen (secondary N) is 4. The van der Waals surface area contributed by atoms with Crippen LogP contribution in [0.3, 0.4) is 0 Å². The van der Waals surface area contributed by atoms with Gasteiger partial charge in [-0.05, 0) is 36.4 Å². The molecule has 0 saturated heterocycles. The van der Waals surface area contributed by atoms with Crippen molar-refractivity contribution in [3.8, 4) is 0 Å². The number of aromatic nitrogens is 6. The van der Waals surface area contributed by atoms with Crippen molar-refractivity contribution in [1.82, 2.24) is 30.6 Å². The van der Waals surface area contributed by atoms with Gasteiger partial charge in [-0.3, -0.25) is 10.2 Å². The number of hydrogen-bond donors (Lipinski definition) is 4. The van der Waals surface area contributed by atoms with Crippen LogP contribution in [-0.2, 0) is 6.54 Å². The van der Waals surface area contributed by atoms with Gasteiger partial charge >= 0.3 is 0 Å². The van der Waals surface area contributed by atoms with Gasteiger partial charge in [-0.15, -0.1) is 10.2 Å². The van der Waals surface area contributed by atoms with E-state index in [-0.39, 0.29) is 0 Å². The van der Waals surface area contributed by atoms with Gasteiger partial charge in [-0.25, -0.2) is 0 Å². The normalized spacial score (nSPS) is 12.6. The van der Waals surface area contributed by atoms with E-state index in [4.69, 9.17) is 0 Å². The van der Waals surface area contributed by atoms with Crippen molar-refractivity contribution in [2.24, 2.45) is 10.2 Å². The third-order valence-corrected chi connectivity index (χ3v) is 4.83. The monoisotopic (exact) mass is 382 g/mol. The third kappa shape index (κ3) is 2.65. The van der Waals surface area contributed by atoms with Crippen molar-refractivity contribution in [3.63, 3.8) is 0 Å². The van der Waals surface area contributed by atoms with E-state index >= 15 is 0 Å². The molecule has 1 aliphatic heterocycles. The smallest absolute Gasteiger partial charge is 0.181 e. The Balaban J connectivity index is 1.33. The van der Waals surface area contributed by atoms with E-state index in [9.17, 15) is 0 Å². The number of fused-ring (bicyclic) bond motifs is 3. The summed E-state index contributed by atoms with van der Waals surface area (Å²) in [5, 5.41) is 39.5. The minimum atomic E-state index is 0.573. The molecule has 0 bridgehead atoms. The van der Waals surface area contributed by atoms with Gasteiger partial charge in [0.1, 0.15) is 5.52 Å². The van der Waals surface area contributed by atoms with Crippen LogP contribution in [0.25, 0.3) is 21.8 Å². The van der Waals surface area contributed by atoms with Crippen molar-refractivity contribution in [1.29, 1.82) is 0 Å². The molecule has 0 amide bonds. The molecule has 10 nitrogen and oxygen atoms in total. The first-order chi connectivity index (χ1) is 14.3. The van der Waals surface area contributed by atoms with E-state index in [0.29, 0.717) is 23.7 Å². The topological polar surface area (TPSA) is 132 Å². The lowest BCUT2D eigenvalue weighted by molar-refractivity contribution is 1.04. The Morgan fingerprint density at radius 2 is 1.79 bits per heavy atom. The molecule has 29 heavy (non-hydrogen) atoms. The highest BCUT2D eigenvalue weighted by atomic mass is 15.2. The molecule has 5 aromatic rings. The number of nitrogens with zero attached hydrogens (tertiary/aromatic N) is 6. The average Bonchev–Trinajstić information content (AvgIpc) is 3.49. The number of hydrogen-bond acceptors (Lipinski definition) is 8. The van der Waals surface area contributed by atoms with Gasteiger partial charge in [-0.1, -0.05) is 0 Å². The number of anilines is 4. The summed E-state index contributed by atoms with van der Waals surface area (Å²) in [5.41, 5.74) is 5.43. The standard InChI is InChI=1S/C19H14N10/c1-3-15-10(7-20-25-15)5-12(1)23-18-14-9-22-27-17(14)19(29-28-18)24-13-2-4-16-11(6-13)8-21-26-16/h1-7,9H,8H2,(H,20,25)(H,22,27)(H,23,28)(H,24,29). The molecule has 0 radical (unpaired) electrons. The summed E-state index contributed by atoms with van der Waals surface area (Å²) < 4.78 is 0. The van der Waals surface area contributed by atoms with Gasteiger partial charge in [-0.2, -0.15) is 20.4 Å². The highest BCUT2D eigenvalue weighted by Crippen LogP contribution is 2.32. The molecule has 10 heteroatoms. The molecule has 0 saturated carbocycles. The van der Waals surface area contributed by atoms with Crippen molar-refractivity contribution < 1.29 is 0 Å². The van der Waals surface area contributed by atoms with Crippen LogP contribution in [0.2, 0.25) is 0 Å². The van der Waals surface area contributed by atoms with E-state index < -0.39 is 0 Å². The number of H-pyrrole nitrogens is 2. The highest BCUT2D eigenvalue weighted by molar-refractivity contribution is 5.97. The fraction of sp³-hybridized carbons (Fsp3) is 0.0526. The molecule has 0 spiro atoms. The van der Waals surface area contributed by atoms with Crippen molar-refractivity contribution in [2.45, 2.75) is 6.54 Å². The lowest BCUT2D eigenvalue weighted by Crippen LogP contribution is -2.01. The number of rotatable bonds is 4. The first-order valence-corrected chi connectivity index (χ1v) is 9.01. The second-order valence-corrected chi connectivity index (χ2v) is 6.71. The van der Waals surface area contributed by atoms with Crippen LogP contribution in [-0.4, -0.2) is 30.6 Å². The zero-order valence-corrected chi connectivity index (χ0v) is 15.0. The van der Waals surface area contributed by atoms with Crippen LogP contribution < -0.4 is 10.6 Å². The molecule has 0 atom stereocenters. The Kier molecular flexibility index (Phi) is 3.30. The van der Waals surface area contributed by atoms with E-state index in [1.807, 2.05) is 36.4 Å². The lowest BCUT2D eigenvalue weighted by Gasteiger charge is -2.10. The van der Waals surface area contributed by atoms with Crippen LogP contribution >= 0.6 is 0 Å². The number of benzene rings is 2. The first-order valence-electron chi connectivity index (χ1n) is 9.01. The number of aromatic amines is 2. The molecule has 140 valence electrons. The molecular formula is C19H14N10. The predicted molar refractivity (Wildman–Crippen MR) is 109 cm³/mol. The van der Waals surface area contributed by atoms with Crippen molar-refractivity contribution in [3.05, 3.63) is 54.4 Å². The maximum Gasteiger partial charge on any atom is 0.181 e. The van der Waals surface area contributed by atoms with Gasteiger partial charge in [0.2, 0.25) is 0 Å². The summed E-state index contributed by atoms with van der Waals surface area (Å²) in [5.74, 6) is 1.19. The van der Waals surface area contributed by atoms with Crippen LogP contribution in [0, 0.1) is 0 Å². The molecular weight excluding hydrogens is 368 g/mol. The van der Waals surface area contributed by atoms with E-state index in [1.54, 1.807) is 12.4 Å². The van der Waals surface area contributed by atoms with Crippen LogP contribution in [0.15, 0.2) is 59.0 Å². The molecule has 0 fully saturated rings. The Hall–Kier alpha value is -4.34. The van der Waals surface area contributed by atoms with E-state index in [0.717, 1.165) is 38.9 Å². The third-order valence-electron chi connectivity index (χ3n) is 4.83. The SMILES string of the molecule is c1cc2[nH]ncc2cc1Nc1nnc(Nc2ccc3c(c2)CN=N3)c2n[nH]cc12. The van der Waals surface area contributed by atoms with Crippen LogP contribution in [0.1, 0.15) is 5.56 Å². The largest absolute Gasteiger partial charge is 0.338 e.